The number of carboxylic acid groups (broad SMARTS) is 1. The van der Waals surface area contributed by atoms with Crippen LogP contribution in [0.3, 0.4) is 0 Å². The Morgan fingerprint density at radius 2 is 1.79 bits per heavy atom. The van der Waals surface area contributed by atoms with E-state index in [1.807, 2.05) is 26.0 Å². The van der Waals surface area contributed by atoms with Crippen molar-refractivity contribution in [1.29, 1.82) is 0 Å². The number of aromatic carboxylic acids is 1. The standard InChI is InChI=1S/C17H16Br2N2O3/c1-10(2)24-16-14(18)7-11(8-15(16)19)9-20-21-13-5-3-12(4-6-13)17(22)23/h3-10,21H,1-2H3,(H,22,23). The topological polar surface area (TPSA) is 70.9 Å². The van der Waals surface area contributed by atoms with Gasteiger partial charge in [-0.05, 0) is 87.7 Å². The van der Waals surface area contributed by atoms with E-state index in [1.54, 1.807) is 18.3 Å². The second-order valence-electron chi connectivity index (χ2n) is 5.23. The van der Waals surface area contributed by atoms with Gasteiger partial charge in [0.2, 0.25) is 0 Å². The second kappa shape index (κ2) is 8.30. The molecule has 0 heterocycles. The van der Waals surface area contributed by atoms with Gasteiger partial charge in [0, 0.05) is 0 Å². The number of hydrazone groups is 1. The van der Waals surface area contributed by atoms with Gasteiger partial charge in [-0.3, -0.25) is 5.43 Å². The molecule has 0 aromatic heterocycles. The maximum absolute atomic E-state index is 10.8. The largest absolute Gasteiger partial charge is 0.489 e. The van der Waals surface area contributed by atoms with E-state index in [1.165, 1.54) is 12.1 Å². The van der Waals surface area contributed by atoms with Crippen molar-refractivity contribution in [1.82, 2.24) is 0 Å². The molecular weight excluding hydrogens is 440 g/mol. The van der Waals surface area contributed by atoms with E-state index >= 15 is 0 Å². The van der Waals surface area contributed by atoms with Crippen LogP contribution in [-0.2, 0) is 0 Å². The predicted molar refractivity (Wildman–Crippen MR) is 102 cm³/mol. The molecule has 0 aliphatic carbocycles. The molecule has 0 bridgehead atoms. The number of ether oxygens (including phenoxy) is 1. The van der Waals surface area contributed by atoms with Crippen LogP contribution in [0, 0.1) is 0 Å². The molecule has 0 saturated carbocycles. The van der Waals surface area contributed by atoms with Crippen LogP contribution in [0.4, 0.5) is 5.69 Å². The lowest BCUT2D eigenvalue weighted by Gasteiger charge is -2.13. The van der Waals surface area contributed by atoms with Gasteiger partial charge in [0.25, 0.3) is 0 Å². The molecule has 0 aliphatic heterocycles. The van der Waals surface area contributed by atoms with Crippen LogP contribution in [0.5, 0.6) is 5.75 Å². The molecular formula is C17H16Br2N2O3. The number of hydrogen-bond donors (Lipinski definition) is 2. The van der Waals surface area contributed by atoms with E-state index in [2.05, 4.69) is 42.4 Å². The summed E-state index contributed by atoms with van der Waals surface area (Å²) in [5, 5.41) is 13.0. The minimum absolute atomic E-state index is 0.0764. The molecule has 0 saturated heterocycles. The zero-order valence-corrected chi connectivity index (χ0v) is 16.3. The molecule has 2 aromatic rings. The Kier molecular flexibility index (Phi) is 6.39. The minimum atomic E-state index is -0.955. The number of rotatable bonds is 6. The number of nitrogens with one attached hydrogen (secondary N) is 1. The third-order valence-corrected chi connectivity index (χ3v) is 4.09. The van der Waals surface area contributed by atoms with Gasteiger partial charge < -0.3 is 9.84 Å². The number of anilines is 1. The number of halogens is 2. The molecule has 2 N–H and O–H groups in total. The van der Waals surface area contributed by atoms with Crippen LogP contribution in [0.2, 0.25) is 0 Å². The van der Waals surface area contributed by atoms with Crippen LogP contribution >= 0.6 is 31.9 Å². The van der Waals surface area contributed by atoms with Crippen LogP contribution in [0.1, 0.15) is 29.8 Å². The minimum Gasteiger partial charge on any atom is -0.489 e. The number of carboxylic acids is 1. The van der Waals surface area contributed by atoms with Gasteiger partial charge in [-0.1, -0.05) is 0 Å². The fraction of sp³-hybridized carbons (Fsp3) is 0.176. The lowest BCUT2D eigenvalue weighted by molar-refractivity contribution is 0.0697. The van der Waals surface area contributed by atoms with Gasteiger partial charge in [-0.2, -0.15) is 5.10 Å². The molecule has 0 spiro atoms. The summed E-state index contributed by atoms with van der Waals surface area (Å²) >= 11 is 6.98. The Morgan fingerprint density at radius 3 is 2.29 bits per heavy atom. The zero-order valence-electron chi connectivity index (χ0n) is 13.1. The molecule has 0 fully saturated rings. The molecule has 0 atom stereocenters. The summed E-state index contributed by atoms with van der Waals surface area (Å²) in [6, 6.07) is 10.2. The van der Waals surface area contributed by atoms with Crippen molar-refractivity contribution in [3.63, 3.8) is 0 Å². The SMILES string of the molecule is CC(C)Oc1c(Br)cc(C=NNc2ccc(C(=O)O)cc2)cc1Br. The molecule has 2 rings (SSSR count). The van der Waals surface area contributed by atoms with E-state index in [-0.39, 0.29) is 11.7 Å². The van der Waals surface area contributed by atoms with Crippen LogP contribution in [-0.4, -0.2) is 23.4 Å². The van der Waals surface area contributed by atoms with E-state index < -0.39 is 5.97 Å². The molecule has 5 nitrogen and oxygen atoms in total. The van der Waals surface area contributed by atoms with E-state index in [0.717, 1.165) is 20.3 Å². The Hall–Kier alpha value is -1.86. The van der Waals surface area contributed by atoms with Gasteiger partial charge in [-0.25, -0.2) is 4.79 Å². The first-order valence-electron chi connectivity index (χ1n) is 7.15. The van der Waals surface area contributed by atoms with Gasteiger partial charge >= 0.3 is 5.97 Å². The average Bonchev–Trinajstić information content (AvgIpc) is 2.51. The molecule has 2 aromatic carbocycles. The molecule has 0 amide bonds. The summed E-state index contributed by atoms with van der Waals surface area (Å²) in [6.07, 6.45) is 1.74. The van der Waals surface area contributed by atoms with Crippen molar-refractivity contribution >= 4 is 49.7 Å². The molecule has 0 radical (unpaired) electrons. The summed E-state index contributed by atoms with van der Waals surface area (Å²) in [5.41, 5.74) is 4.67. The van der Waals surface area contributed by atoms with Gasteiger partial charge in [0.05, 0.1) is 32.5 Å². The van der Waals surface area contributed by atoms with Crippen LogP contribution in [0.25, 0.3) is 0 Å². The monoisotopic (exact) mass is 454 g/mol. The van der Waals surface area contributed by atoms with Crippen molar-refractivity contribution in [3.8, 4) is 5.75 Å². The fourth-order valence-corrected chi connectivity index (χ4v) is 3.28. The molecule has 126 valence electrons. The molecule has 0 unspecified atom stereocenters. The summed E-state index contributed by atoms with van der Waals surface area (Å²) in [5.74, 6) is -0.206. The Morgan fingerprint density at radius 1 is 1.21 bits per heavy atom. The Bertz CT molecular complexity index is 736. The van der Waals surface area contributed by atoms with Crippen molar-refractivity contribution in [2.75, 3.05) is 5.43 Å². The van der Waals surface area contributed by atoms with E-state index in [4.69, 9.17) is 9.84 Å². The van der Waals surface area contributed by atoms with Crippen LogP contribution < -0.4 is 10.2 Å². The highest BCUT2D eigenvalue weighted by molar-refractivity contribution is 9.11. The summed E-state index contributed by atoms with van der Waals surface area (Å²) in [6.45, 7) is 3.93. The number of benzene rings is 2. The quantitative estimate of drug-likeness (QED) is 0.467. The van der Waals surface area contributed by atoms with Gasteiger partial charge in [-0.15, -0.1) is 0 Å². The summed E-state index contributed by atoms with van der Waals surface area (Å²) in [4.78, 5) is 10.8. The van der Waals surface area contributed by atoms with Gasteiger partial charge in [0.1, 0.15) is 5.75 Å². The Balaban J connectivity index is 2.07. The summed E-state index contributed by atoms with van der Waals surface area (Å²) in [7, 11) is 0. The first-order chi connectivity index (χ1) is 11.4. The second-order valence-corrected chi connectivity index (χ2v) is 6.94. The molecule has 24 heavy (non-hydrogen) atoms. The smallest absolute Gasteiger partial charge is 0.335 e. The average molecular weight is 456 g/mol. The number of nitrogens with zero attached hydrogens (tertiary/aromatic N) is 1. The lowest BCUT2D eigenvalue weighted by Crippen LogP contribution is -2.06. The highest BCUT2D eigenvalue weighted by Gasteiger charge is 2.10. The first-order valence-corrected chi connectivity index (χ1v) is 8.73. The van der Waals surface area contributed by atoms with Crippen molar-refractivity contribution in [2.45, 2.75) is 20.0 Å². The number of carbonyl (C=O) groups is 1. The third kappa shape index (κ3) is 5.07. The highest BCUT2D eigenvalue weighted by Crippen LogP contribution is 2.35. The maximum Gasteiger partial charge on any atom is 0.335 e. The number of hydrogen-bond acceptors (Lipinski definition) is 4. The molecule has 0 aliphatic rings. The maximum atomic E-state index is 10.8. The predicted octanol–water partition coefficient (Wildman–Crippen LogP) is 5.14. The normalized spacial score (nSPS) is 11.0. The van der Waals surface area contributed by atoms with E-state index in [9.17, 15) is 4.79 Å². The Labute approximate surface area is 157 Å². The van der Waals surface area contributed by atoms with Crippen molar-refractivity contribution in [2.24, 2.45) is 5.10 Å². The van der Waals surface area contributed by atoms with Crippen LogP contribution in [0.15, 0.2) is 50.4 Å². The van der Waals surface area contributed by atoms with E-state index in [0.29, 0.717) is 5.69 Å². The summed E-state index contributed by atoms with van der Waals surface area (Å²) < 4.78 is 7.40. The zero-order chi connectivity index (χ0) is 17.7. The van der Waals surface area contributed by atoms with Crippen molar-refractivity contribution in [3.05, 3.63) is 56.5 Å². The fourth-order valence-electron chi connectivity index (χ4n) is 1.87. The first kappa shape index (κ1) is 18.5. The highest BCUT2D eigenvalue weighted by atomic mass is 79.9. The lowest BCUT2D eigenvalue weighted by atomic mass is 10.2. The molecule has 7 heteroatoms. The van der Waals surface area contributed by atoms with Gasteiger partial charge in [0.15, 0.2) is 0 Å². The van der Waals surface area contributed by atoms with Crippen molar-refractivity contribution < 1.29 is 14.6 Å². The third-order valence-electron chi connectivity index (χ3n) is 2.91.